The summed E-state index contributed by atoms with van der Waals surface area (Å²) in [6, 6.07) is 9.35. The van der Waals surface area contributed by atoms with Gasteiger partial charge in [0.05, 0.1) is 12.1 Å². The summed E-state index contributed by atoms with van der Waals surface area (Å²) in [5.74, 6) is 5.40. The Morgan fingerprint density at radius 2 is 1.86 bits per heavy atom. The van der Waals surface area contributed by atoms with Crippen molar-refractivity contribution in [2.45, 2.75) is 13.5 Å². The van der Waals surface area contributed by atoms with Gasteiger partial charge in [-0.1, -0.05) is 30.0 Å². The molecule has 0 amide bonds. The van der Waals surface area contributed by atoms with E-state index in [2.05, 4.69) is 11.8 Å². The highest BCUT2D eigenvalue weighted by atomic mass is 16.2. The molecule has 0 saturated carbocycles. The standard InChI is InChI=1S/C16H14N2O3/c1-12(19)14-11-18(16(21)17(2)15(14)20)10-6-9-13-7-4-3-5-8-13/h3-5,7-8,11H,10H2,1-2H3. The first-order valence-electron chi connectivity index (χ1n) is 6.36. The predicted molar refractivity (Wildman–Crippen MR) is 79.3 cm³/mol. The van der Waals surface area contributed by atoms with Gasteiger partial charge in [0.25, 0.3) is 5.56 Å². The molecule has 0 saturated heterocycles. The molecule has 0 radical (unpaired) electrons. The number of benzene rings is 1. The quantitative estimate of drug-likeness (QED) is 0.604. The average Bonchev–Trinajstić information content (AvgIpc) is 2.48. The minimum atomic E-state index is -0.584. The van der Waals surface area contributed by atoms with Crippen molar-refractivity contribution in [1.82, 2.24) is 9.13 Å². The van der Waals surface area contributed by atoms with Crippen molar-refractivity contribution >= 4 is 5.78 Å². The summed E-state index contributed by atoms with van der Waals surface area (Å²) in [5.41, 5.74) is -0.257. The van der Waals surface area contributed by atoms with E-state index in [1.165, 1.54) is 24.7 Å². The lowest BCUT2D eigenvalue weighted by Crippen LogP contribution is -2.40. The van der Waals surface area contributed by atoms with Crippen LogP contribution in [0.15, 0.2) is 46.1 Å². The van der Waals surface area contributed by atoms with Crippen LogP contribution < -0.4 is 11.2 Å². The van der Waals surface area contributed by atoms with Crippen LogP contribution in [0.1, 0.15) is 22.8 Å². The number of Topliss-reactive ketones (excluding diaryl/α,β-unsaturated/α-hetero) is 1. The maximum atomic E-state index is 12.0. The third-order valence-electron chi connectivity index (χ3n) is 2.99. The van der Waals surface area contributed by atoms with Gasteiger partial charge in [0, 0.05) is 18.8 Å². The second kappa shape index (κ2) is 6.06. The first kappa shape index (κ1) is 14.5. The van der Waals surface area contributed by atoms with Crippen molar-refractivity contribution in [1.29, 1.82) is 0 Å². The van der Waals surface area contributed by atoms with Gasteiger partial charge >= 0.3 is 5.69 Å². The molecule has 0 aliphatic heterocycles. The van der Waals surface area contributed by atoms with Gasteiger partial charge < -0.3 is 0 Å². The third kappa shape index (κ3) is 3.18. The Bertz CT molecular complexity index is 849. The van der Waals surface area contributed by atoms with E-state index in [0.29, 0.717) is 0 Å². The summed E-state index contributed by atoms with van der Waals surface area (Å²) in [4.78, 5) is 35.1. The molecule has 0 unspecified atom stereocenters. The molecule has 5 nitrogen and oxygen atoms in total. The zero-order chi connectivity index (χ0) is 15.4. The molecule has 0 N–H and O–H groups in total. The fourth-order valence-corrected chi connectivity index (χ4v) is 1.83. The number of ketones is 1. The highest BCUT2D eigenvalue weighted by Gasteiger charge is 2.11. The molecular weight excluding hydrogens is 268 g/mol. The normalized spacial score (nSPS) is 9.81. The molecule has 106 valence electrons. The van der Waals surface area contributed by atoms with E-state index >= 15 is 0 Å². The number of hydrogen-bond donors (Lipinski definition) is 0. The van der Waals surface area contributed by atoms with E-state index in [4.69, 9.17) is 0 Å². The molecule has 21 heavy (non-hydrogen) atoms. The Hall–Kier alpha value is -2.87. The Morgan fingerprint density at radius 1 is 1.19 bits per heavy atom. The van der Waals surface area contributed by atoms with Crippen LogP contribution in [0.2, 0.25) is 0 Å². The topological polar surface area (TPSA) is 61.1 Å². The minimum Gasteiger partial charge on any atom is -0.294 e. The Kier molecular flexibility index (Phi) is 4.19. The van der Waals surface area contributed by atoms with Gasteiger partial charge in [-0.2, -0.15) is 0 Å². The van der Waals surface area contributed by atoms with E-state index in [-0.39, 0.29) is 17.9 Å². The molecule has 2 aromatic rings. The smallest absolute Gasteiger partial charge is 0.294 e. The molecule has 0 aliphatic carbocycles. The summed E-state index contributed by atoms with van der Waals surface area (Å²) in [6.07, 6.45) is 1.27. The summed E-state index contributed by atoms with van der Waals surface area (Å²) >= 11 is 0. The predicted octanol–water partition coefficient (Wildman–Crippen LogP) is 0.801. The molecule has 1 heterocycles. The van der Waals surface area contributed by atoms with Gasteiger partial charge in [0.2, 0.25) is 0 Å². The maximum absolute atomic E-state index is 12.0. The van der Waals surface area contributed by atoms with Crippen molar-refractivity contribution in [2.75, 3.05) is 0 Å². The van der Waals surface area contributed by atoms with Crippen LogP contribution in [0.3, 0.4) is 0 Å². The van der Waals surface area contributed by atoms with E-state index in [9.17, 15) is 14.4 Å². The van der Waals surface area contributed by atoms with Gasteiger partial charge in [-0.15, -0.1) is 0 Å². The van der Waals surface area contributed by atoms with Crippen LogP contribution in [0.25, 0.3) is 0 Å². The number of hydrogen-bond acceptors (Lipinski definition) is 3. The number of carbonyl (C=O) groups is 1. The largest absolute Gasteiger partial charge is 0.331 e. The molecule has 0 spiro atoms. The summed E-state index contributed by atoms with van der Waals surface area (Å²) in [5, 5.41) is 0. The SMILES string of the molecule is CC(=O)c1cn(CC#Cc2ccccc2)c(=O)n(C)c1=O. The molecule has 1 aromatic carbocycles. The van der Waals surface area contributed by atoms with Gasteiger partial charge in [-0.05, 0) is 19.1 Å². The van der Waals surface area contributed by atoms with Crippen LogP contribution in [0, 0.1) is 11.8 Å². The van der Waals surface area contributed by atoms with E-state index in [0.717, 1.165) is 10.1 Å². The van der Waals surface area contributed by atoms with E-state index in [1.807, 2.05) is 30.3 Å². The van der Waals surface area contributed by atoms with Crippen LogP contribution in [0.5, 0.6) is 0 Å². The average molecular weight is 282 g/mol. The molecule has 1 aromatic heterocycles. The molecule has 2 rings (SSSR count). The summed E-state index contributed by atoms with van der Waals surface area (Å²) in [7, 11) is 1.35. The fraction of sp³-hybridized carbons (Fsp3) is 0.188. The molecule has 0 atom stereocenters. The van der Waals surface area contributed by atoms with Gasteiger partial charge in [0.15, 0.2) is 5.78 Å². The third-order valence-corrected chi connectivity index (χ3v) is 2.99. The lowest BCUT2D eigenvalue weighted by atomic mass is 10.2. The molecule has 5 heteroatoms. The minimum absolute atomic E-state index is 0.0152. The van der Waals surface area contributed by atoms with Gasteiger partial charge in [0.1, 0.15) is 0 Å². The Balaban J connectivity index is 2.38. The second-order valence-electron chi connectivity index (χ2n) is 4.54. The molecule has 0 bridgehead atoms. The van der Waals surface area contributed by atoms with E-state index < -0.39 is 11.2 Å². The Labute approximate surface area is 121 Å². The molecule has 0 aliphatic rings. The Morgan fingerprint density at radius 3 is 2.48 bits per heavy atom. The van der Waals surface area contributed by atoms with Crippen molar-refractivity contribution in [3.8, 4) is 11.8 Å². The van der Waals surface area contributed by atoms with E-state index in [1.54, 1.807) is 0 Å². The summed E-state index contributed by atoms with van der Waals surface area (Å²) in [6.45, 7) is 1.41. The number of aromatic nitrogens is 2. The lowest BCUT2D eigenvalue weighted by Gasteiger charge is -2.05. The fourth-order valence-electron chi connectivity index (χ4n) is 1.83. The summed E-state index contributed by atoms with van der Waals surface area (Å²) < 4.78 is 2.18. The first-order valence-corrected chi connectivity index (χ1v) is 6.36. The zero-order valence-corrected chi connectivity index (χ0v) is 11.8. The number of carbonyl (C=O) groups excluding carboxylic acids is 1. The second-order valence-corrected chi connectivity index (χ2v) is 4.54. The van der Waals surface area contributed by atoms with Crippen LogP contribution in [-0.2, 0) is 13.6 Å². The first-order chi connectivity index (χ1) is 10.0. The van der Waals surface area contributed by atoms with Gasteiger partial charge in [-0.25, -0.2) is 4.79 Å². The molecule has 0 fully saturated rings. The highest BCUT2D eigenvalue weighted by molar-refractivity contribution is 5.93. The highest BCUT2D eigenvalue weighted by Crippen LogP contribution is 1.95. The lowest BCUT2D eigenvalue weighted by molar-refractivity contribution is 0.101. The van der Waals surface area contributed by atoms with Crippen molar-refractivity contribution in [2.24, 2.45) is 7.05 Å². The van der Waals surface area contributed by atoms with Crippen LogP contribution in [-0.4, -0.2) is 14.9 Å². The van der Waals surface area contributed by atoms with Crippen molar-refractivity contribution in [3.05, 3.63) is 68.5 Å². The van der Waals surface area contributed by atoms with Crippen LogP contribution in [0.4, 0.5) is 0 Å². The van der Waals surface area contributed by atoms with Gasteiger partial charge in [-0.3, -0.25) is 18.7 Å². The monoisotopic (exact) mass is 282 g/mol. The number of nitrogens with zero attached hydrogens (tertiary/aromatic N) is 2. The zero-order valence-electron chi connectivity index (χ0n) is 11.8. The maximum Gasteiger partial charge on any atom is 0.331 e. The number of rotatable bonds is 2. The molecular formula is C16H14N2O3. The van der Waals surface area contributed by atoms with Crippen LogP contribution >= 0.6 is 0 Å². The van der Waals surface area contributed by atoms with Crippen molar-refractivity contribution in [3.63, 3.8) is 0 Å². The van der Waals surface area contributed by atoms with Crippen molar-refractivity contribution < 1.29 is 4.79 Å².